The highest BCUT2D eigenvalue weighted by Gasteiger charge is 2.18. The molecule has 5 heteroatoms. The van der Waals surface area contributed by atoms with Gasteiger partial charge in [-0.25, -0.2) is 9.97 Å². The van der Waals surface area contributed by atoms with Gasteiger partial charge in [0.05, 0.1) is 15.7 Å². The highest BCUT2D eigenvalue weighted by atomic mass is 32.1. The van der Waals surface area contributed by atoms with Gasteiger partial charge in [-0.2, -0.15) is 0 Å². The number of thiophene rings is 1. The van der Waals surface area contributed by atoms with Crippen molar-refractivity contribution in [2.45, 2.75) is 0 Å². The normalized spacial score (nSPS) is 12.4. The van der Waals surface area contributed by atoms with Crippen LogP contribution in [0.15, 0.2) is 54.7 Å². The van der Waals surface area contributed by atoms with Crippen LogP contribution in [-0.4, -0.2) is 18.9 Å². The van der Waals surface area contributed by atoms with Crippen molar-refractivity contribution in [1.82, 2.24) is 18.9 Å². The second-order valence-electron chi connectivity index (χ2n) is 6.07. The summed E-state index contributed by atoms with van der Waals surface area (Å²) in [5.41, 5.74) is 4.23. The third-order valence-electron chi connectivity index (χ3n) is 4.78. The van der Waals surface area contributed by atoms with E-state index in [-0.39, 0.29) is 0 Å². The molecule has 4 heterocycles. The molecule has 2 aromatic carbocycles. The van der Waals surface area contributed by atoms with Gasteiger partial charge in [-0.15, -0.1) is 11.3 Å². The van der Waals surface area contributed by atoms with Crippen LogP contribution >= 0.6 is 11.3 Å². The summed E-state index contributed by atoms with van der Waals surface area (Å²) in [5, 5.41) is 2.45. The lowest BCUT2D eigenvalue weighted by atomic mass is 10.2. The number of hydrogen-bond acceptors (Lipinski definition) is 3. The molecule has 0 aliphatic carbocycles. The van der Waals surface area contributed by atoms with E-state index in [1.54, 1.807) is 11.3 Å². The topological polar surface area (TPSA) is 35.1 Å². The van der Waals surface area contributed by atoms with Gasteiger partial charge in [-0.3, -0.25) is 4.40 Å². The monoisotopic (exact) mass is 328 g/mol. The lowest BCUT2D eigenvalue weighted by molar-refractivity contribution is 0.973. The Balaban J connectivity index is 1.91. The Kier molecular flexibility index (Phi) is 2.15. The summed E-state index contributed by atoms with van der Waals surface area (Å²) in [5.74, 6) is 0.934. The fourth-order valence-electron chi connectivity index (χ4n) is 3.66. The number of para-hydroxylation sites is 2. The minimum absolute atomic E-state index is 0.931. The zero-order valence-electron chi connectivity index (χ0n) is 12.9. The van der Waals surface area contributed by atoms with E-state index in [2.05, 4.69) is 64.5 Å². The van der Waals surface area contributed by atoms with E-state index in [1.165, 1.54) is 25.7 Å². The molecule has 0 spiro atoms. The molecule has 0 fully saturated rings. The Morgan fingerprint density at radius 3 is 2.62 bits per heavy atom. The van der Waals surface area contributed by atoms with Gasteiger partial charge < -0.3 is 4.57 Å². The highest BCUT2D eigenvalue weighted by molar-refractivity contribution is 7.26. The molecule has 0 bridgehead atoms. The second-order valence-corrected chi connectivity index (χ2v) is 7.12. The molecule has 0 amide bonds. The van der Waals surface area contributed by atoms with Gasteiger partial charge in [0.2, 0.25) is 5.78 Å². The number of fused-ring (bicyclic) bond motifs is 9. The molecule has 0 atom stereocenters. The van der Waals surface area contributed by atoms with Crippen molar-refractivity contribution in [1.29, 1.82) is 0 Å². The lowest BCUT2D eigenvalue weighted by Crippen LogP contribution is -1.87. The van der Waals surface area contributed by atoms with Gasteiger partial charge in [0.15, 0.2) is 5.65 Å². The molecule has 6 rings (SSSR count). The van der Waals surface area contributed by atoms with E-state index in [4.69, 9.17) is 9.97 Å². The van der Waals surface area contributed by atoms with Gasteiger partial charge in [0.25, 0.3) is 0 Å². The molecule has 4 aromatic heterocycles. The molecule has 0 aliphatic heterocycles. The van der Waals surface area contributed by atoms with Gasteiger partial charge in [-0.05, 0) is 18.2 Å². The maximum absolute atomic E-state index is 4.95. The van der Waals surface area contributed by atoms with E-state index in [9.17, 15) is 0 Å². The van der Waals surface area contributed by atoms with Crippen LogP contribution in [0, 0.1) is 0 Å². The van der Waals surface area contributed by atoms with E-state index < -0.39 is 0 Å². The quantitative estimate of drug-likeness (QED) is 0.403. The summed E-state index contributed by atoms with van der Waals surface area (Å²) in [7, 11) is 2.06. The Morgan fingerprint density at radius 1 is 0.917 bits per heavy atom. The summed E-state index contributed by atoms with van der Waals surface area (Å²) in [6.45, 7) is 0. The number of pyridine rings is 1. The van der Waals surface area contributed by atoms with Crippen molar-refractivity contribution in [3.05, 3.63) is 54.7 Å². The van der Waals surface area contributed by atoms with Gasteiger partial charge in [-0.1, -0.05) is 30.3 Å². The molecule has 0 N–H and O–H groups in total. The summed E-state index contributed by atoms with van der Waals surface area (Å²) in [6.07, 6.45) is 1.99. The molecule has 6 aromatic rings. The van der Waals surface area contributed by atoms with Gasteiger partial charge >= 0.3 is 0 Å². The van der Waals surface area contributed by atoms with E-state index in [1.807, 2.05) is 6.20 Å². The van der Waals surface area contributed by atoms with Crippen LogP contribution in [0.2, 0.25) is 0 Å². The summed E-state index contributed by atoms with van der Waals surface area (Å²) >= 11 is 1.80. The fraction of sp³-hybridized carbons (Fsp3) is 0.0526. The van der Waals surface area contributed by atoms with Crippen molar-refractivity contribution in [2.24, 2.45) is 7.05 Å². The first-order valence-electron chi connectivity index (χ1n) is 7.85. The number of nitrogens with zero attached hydrogens (tertiary/aromatic N) is 4. The molecule has 0 saturated heterocycles. The molecule has 0 aliphatic rings. The number of rotatable bonds is 0. The second kappa shape index (κ2) is 4.13. The predicted octanol–water partition coefficient (Wildman–Crippen LogP) is 4.74. The van der Waals surface area contributed by atoms with Crippen molar-refractivity contribution >= 4 is 59.5 Å². The fourth-order valence-corrected chi connectivity index (χ4v) is 4.82. The van der Waals surface area contributed by atoms with E-state index in [0.29, 0.717) is 0 Å². The van der Waals surface area contributed by atoms with Crippen molar-refractivity contribution in [3.8, 4) is 0 Å². The first kappa shape index (κ1) is 12.5. The van der Waals surface area contributed by atoms with Crippen LogP contribution in [0.5, 0.6) is 0 Å². The minimum Gasteiger partial charge on any atom is -0.313 e. The van der Waals surface area contributed by atoms with Crippen LogP contribution in [0.4, 0.5) is 0 Å². The Hall–Kier alpha value is -2.92. The van der Waals surface area contributed by atoms with Crippen molar-refractivity contribution in [2.75, 3.05) is 0 Å². The number of benzene rings is 2. The van der Waals surface area contributed by atoms with E-state index in [0.717, 1.165) is 22.5 Å². The van der Waals surface area contributed by atoms with Crippen molar-refractivity contribution < 1.29 is 0 Å². The maximum atomic E-state index is 4.95. The van der Waals surface area contributed by atoms with Crippen LogP contribution < -0.4 is 0 Å². The van der Waals surface area contributed by atoms with Gasteiger partial charge in [0, 0.05) is 28.7 Å². The Morgan fingerprint density at radius 2 is 1.71 bits per heavy atom. The molecule has 0 unspecified atom stereocenters. The number of aromatic nitrogens is 4. The molecule has 4 nitrogen and oxygen atoms in total. The van der Waals surface area contributed by atoms with Crippen LogP contribution in [0.3, 0.4) is 0 Å². The summed E-state index contributed by atoms with van der Waals surface area (Å²) in [4.78, 5) is 9.73. The standard InChI is InChI=1S/C19H12N4S/c1-22-13-7-3-4-8-14(13)23-18-16(21-19(22)23)17-12(10-20-18)11-6-2-5-9-15(11)24-17/h2-10H,1H3. The van der Waals surface area contributed by atoms with E-state index >= 15 is 0 Å². The molecule has 0 radical (unpaired) electrons. The number of hydrogen-bond donors (Lipinski definition) is 0. The average Bonchev–Trinajstić information content (AvgIpc) is 3.26. The number of aryl methyl sites for hydroxylation is 1. The van der Waals surface area contributed by atoms with Crippen molar-refractivity contribution in [3.63, 3.8) is 0 Å². The first-order valence-corrected chi connectivity index (χ1v) is 8.66. The largest absolute Gasteiger partial charge is 0.313 e. The zero-order chi connectivity index (χ0) is 15.8. The van der Waals surface area contributed by atoms with Gasteiger partial charge in [0.1, 0.15) is 5.52 Å². The highest BCUT2D eigenvalue weighted by Crippen LogP contribution is 2.37. The molecule has 24 heavy (non-hydrogen) atoms. The smallest absolute Gasteiger partial charge is 0.217 e. The Labute approximate surface area is 140 Å². The molecule has 114 valence electrons. The molecule has 0 saturated carbocycles. The lowest BCUT2D eigenvalue weighted by Gasteiger charge is -1.96. The van der Waals surface area contributed by atoms with Crippen LogP contribution in [-0.2, 0) is 7.05 Å². The summed E-state index contributed by atoms with van der Waals surface area (Å²) < 4.78 is 6.79. The maximum Gasteiger partial charge on any atom is 0.217 e. The predicted molar refractivity (Wildman–Crippen MR) is 99.9 cm³/mol. The minimum atomic E-state index is 0.931. The first-order chi connectivity index (χ1) is 11.8. The third kappa shape index (κ3) is 1.35. The third-order valence-corrected chi connectivity index (χ3v) is 5.98. The SMILES string of the molecule is Cn1c2ccccc2n2c3ncc4c5ccccc5sc4c3nc12. The Bertz CT molecular complexity index is 1420. The zero-order valence-corrected chi connectivity index (χ0v) is 13.7. The van der Waals surface area contributed by atoms with Crippen LogP contribution in [0.1, 0.15) is 0 Å². The molecular formula is C19H12N4S. The molecular weight excluding hydrogens is 316 g/mol. The average molecular weight is 328 g/mol. The summed E-state index contributed by atoms with van der Waals surface area (Å²) in [6, 6.07) is 16.8. The number of imidazole rings is 2. The van der Waals surface area contributed by atoms with Crippen LogP contribution in [0.25, 0.3) is 48.1 Å².